The predicted octanol–water partition coefficient (Wildman–Crippen LogP) is 4.24. The smallest absolute Gasteiger partial charge is 0.226 e. The van der Waals surface area contributed by atoms with E-state index in [0.29, 0.717) is 5.91 Å². The lowest BCUT2D eigenvalue weighted by molar-refractivity contribution is -0.138. The van der Waals surface area contributed by atoms with Crippen LogP contribution >= 0.6 is 0 Å². The Balaban J connectivity index is 1.14. The van der Waals surface area contributed by atoms with E-state index in [4.69, 9.17) is 0 Å². The van der Waals surface area contributed by atoms with Crippen molar-refractivity contribution in [1.82, 2.24) is 15.2 Å². The first kappa shape index (κ1) is 22.5. The van der Waals surface area contributed by atoms with E-state index in [2.05, 4.69) is 27.0 Å². The van der Waals surface area contributed by atoms with Crippen molar-refractivity contribution < 1.29 is 9.18 Å². The predicted molar refractivity (Wildman–Crippen MR) is 122 cm³/mol. The Morgan fingerprint density at radius 1 is 1.23 bits per heavy atom. The van der Waals surface area contributed by atoms with Crippen LogP contribution < -0.4 is 10.2 Å². The molecular formula is C25H39FN4O. The van der Waals surface area contributed by atoms with E-state index in [1.165, 1.54) is 31.7 Å². The van der Waals surface area contributed by atoms with Crippen LogP contribution in [0.3, 0.4) is 0 Å². The van der Waals surface area contributed by atoms with Crippen molar-refractivity contribution in [3.63, 3.8) is 0 Å². The molecule has 2 saturated carbocycles. The molecule has 6 heteroatoms. The third kappa shape index (κ3) is 5.57. The van der Waals surface area contributed by atoms with Crippen molar-refractivity contribution >= 4 is 11.7 Å². The van der Waals surface area contributed by atoms with Crippen molar-refractivity contribution in [3.8, 4) is 0 Å². The quantitative estimate of drug-likeness (QED) is 0.495. The van der Waals surface area contributed by atoms with E-state index in [1.54, 1.807) is 6.07 Å². The molecule has 2 bridgehead atoms. The summed E-state index contributed by atoms with van der Waals surface area (Å²) in [5.74, 6) is 2.18. The maximum atomic E-state index is 13.3. The lowest BCUT2D eigenvalue weighted by Crippen LogP contribution is -2.48. The zero-order valence-corrected chi connectivity index (χ0v) is 19.1. The fraction of sp³-hybridized carbons (Fsp3) is 0.760. The SMILES string of the molecule is CC[C@@H]1C[C@@H]2CCC[C@](C(=O)NCCCCN3CCN(c4cccc(F)n4)CC3)(C1)C2. The molecule has 0 aromatic carbocycles. The molecule has 1 aromatic rings. The van der Waals surface area contributed by atoms with Crippen LogP contribution in [0.25, 0.3) is 0 Å². The first-order valence-corrected chi connectivity index (χ1v) is 12.5. The Bertz CT molecular complexity index is 736. The number of halogens is 1. The molecule has 1 saturated heterocycles. The summed E-state index contributed by atoms with van der Waals surface area (Å²) in [6.45, 7) is 7.87. The number of anilines is 1. The normalized spacial score (nSPS) is 29.0. The zero-order valence-electron chi connectivity index (χ0n) is 19.1. The van der Waals surface area contributed by atoms with Gasteiger partial charge in [0.2, 0.25) is 11.9 Å². The van der Waals surface area contributed by atoms with Gasteiger partial charge in [0, 0.05) is 38.1 Å². The molecule has 1 N–H and O–H groups in total. The molecule has 5 nitrogen and oxygen atoms in total. The van der Waals surface area contributed by atoms with Crippen LogP contribution in [0.2, 0.25) is 0 Å². The molecule has 0 spiro atoms. The topological polar surface area (TPSA) is 48.5 Å². The molecule has 1 aromatic heterocycles. The second kappa shape index (κ2) is 10.3. The van der Waals surface area contributed by atoms with Crippen LogP contribution in [0.5, 0.6) is 0 Å². The van der Waals surface area contributed by atoms with Gasteiger partial charge in [0.25, 0.3) is 0 Å². The second-order valence-corrected chi connectivity index (χ2v) is 10.1. The minimum Gasteiger partial charge on any atom is -0.356 e. The summed E-state index contributed by atoms with van der Waals surface area (Å²) < 4.78 is 13.3. The average Bonchev–Trinajstić information content (AvgIpc) is 2.78. The molecule has 31 heavy (non-hydrogen) atoms. The summed E-state index contributed by atoms with van der Waals surface area (Å²) >= 11 is 0. The molecule has 3 aliphatic rings. The number of pyridine rings is 1. The molecule has 1 amide bonds. The van der Waals surface area contributed by atoms with E-state index < -0.39 is 5.95 Å². The Hall–Kier alpha value is -1.69. The minimum atomic E-state index is -0.413. The largest absolute Gasteiger partial charge is 0.356 e. The van der Waals surface area contributed by atoms with Crippen molar-refractivity contribution in [3.05, 3.63) is 24.1 Å². The monoisotopic (exact) mass is 430 g/mol. The first-order valence-electron chi connectivity index (χ1n) is 12.5. The van der Waals surface area contributed by atoms with Gasteiger partial charge in [0.1, 0.15) is 5.82 Å². The number of amides is 1. The van der Waals surface area contributed by atoms with Crippen LogP contribution in [-0.2, 0) is 4.79 Å². The number of unbranched alkanes of at least 4 members (excludes halogenated alkanes) is 1. The fourth-order valence-corrected chi connectivity index (χ4v) is 6.21. The molecule has 172 valence electrons. The number of aromatic nitrogens is 1. The molecule has 3 atom stereocenters. The molecule has 3 fully saturated rings. The van der Waals surface area contributed by atoms with Crippen LogP contribution in [0.15, 0.2) is 18.2 Å². The molecule has 0 radical (unpaired) electrons. The number of piperazine rings is 1. The number of nitrogens with zero attached hydrogens (tertiary/aromatic N) is 3. The van der Waals surface area contributed by atoms with Gasteiger partial charge < -0.3 is 10.2 Å². The lowest BCUT2D eigenvalue weighted by Gasteiger charge is -2.47. The second-order valence-electron chi connectivity index (χ2n) is 10.1. The first-order chi connectivity index (χ1) is 15.1. The third-order valence-electron chi connectivity index (χ3n) is 7.94. The molecule has 4 rings (SSSR count). The number of fused-ring (bicyclic) bond motifs is 2. The van der Waals surface area contributed by atoms with E-state index >= 15 is 0 Å². The van der Waals surface area contributed by atoms with Gasteiger partial charge in [-0.05, 0) is 69.0 Å². The summed E-state index contributed by atoms with van der Waals surface area (Å²) in [5, 5.41) is 3.31. The number of nitrogens with one attached hydrogen (secondary N) is 1. The van der Waals surface area contributed by atoms with E-state index in [1.807, 2.05) is 6.07 Å². The fourth-order valence-electron chi connectivity index (χ4n) is 6.21. The average molecular weight is 431 g/mol. The standard InChI is InChI=1S/C25H39FN4O/c1-2-20-17-21-7-6-10-25(18-20,19-21)24(31)27-11-3-4-12-29-13-15-30(16-14-29)23-9-5-8-22(26)28-23/h5,8-9,20-21H,2-4,6-7,10-19H2,1H3,(H,27,31)/t20-,21+,25+/m1/s1. The summed E-state index contributed by atoms with van der Waals surface area (Å²) in [6, 6.07) is 4.99. The van der Waals surface area contributed by atoms with E-state index in [-0.39, 0.29) is 5.41 Å². The number of carbonyl (C=O) groups is 1. The Labute approximate surface area is 186 Å². The number of hydrogen-bond acceptors (Lipinski definition) is 4. The van der Waals surface area contributed by atoms with Gasteiger partial charge in [0.05, 0.1) is 0 Å². The van der Waals surface area contributed by atoms with Gasteiger partial charge in [-0.1, -0.05) is 32.3 Å². The molecule has 2 heterocycles. The van der Waals surface area contributed by atoms with Gasteiger partial charge in [-0.25, -0.2) is 4.98 Å². The molecule has 0 unspecified atom stereocenters. The van der Waals surface area contributed by atoms with Crippen molar-refractivity contribution in [2.75, 3.05) is 44.2 Å². The molecule has 2 aliphatic carbocycles. The highest BCUT2D eigenvalue weighted by Crippen LogP contribution is 2.51. The van der Waals surface area contributed by atoms with Gasteiger partial charge in [-0.2, -0.15) is 4.39 Å². The summed E-state index contributed by atoms with van der Waals surface area (Å²) in [5.41, 5.74) is -0.0663. The highest BCUT2D eigenvalue weighted by molar-refractivity contribution is 5.82. The Morgan fingerprint density at radius 3 is 2.84 bits per heavy atom. The minimum absolute atomic E-state index is 0.0663. The highest BCUT2D eigenvalue weighted by atomic mass is 19.1. The van der Waals surface area contributed by atoms with Crippen LogP contribution in [0.4, 0.5) is 10.2 Å². The molecular weight excluding hydrogens is 391 g/mol. The zero-order chi connectivity index (χ0) is 21.7. The van der Waals surface area contributed by atoms with E-state index in [9.17, 15) is 9.18 Å². The summed E-state index contributed by atoms with van der Waals surface area (Å²) in [6.07, 6.45) is 10.6. The van der Waals surface area contributed by atoms with Crippen LogP contribution in [-0.4, -0.2) is 55.1 Å². The van der Waals surface area contributed by atoms with Gasteiger partial charge in [-0.3, -0.25) is 9.69 Å². The van der Waals surface area contributed by atoms with Crippen molar-refractivity contribution in [1.29, 1.82) is 0 Å². The number of rotatable bonds is 8. The van der Waals surface area contributed by atoms with Gasteiger partial charge >= 0.3 is 0 Å². The molecule has 1 aliphatic heterocycles. The highest BCUT2D eigenvalue weighted by Gasteiger charge is 2.47. The summed E-state index contributed by atoms with van der Waals surface area (Å²) in [7, 11) is 0. The Kier molecular flexibility index (Phi) is 7.47. The van der Waals surface area contributed by atoms with Crippen molar-refractivity contribution in [2.45, 2.75) is 64.7 Å². The van der Waals surface area contributed by atoms with Crippen LogP contribution in [0.1, 0.15) is 64.7 Å². The maximum Gasteiger partial charge on any atom is 0.226 e. The van der Waals surface area contributed by atoms with Gasteiger partial charge in [0.15, 0.2) is 0 Å². The summed E-state index contributed by atoms with van der Waals surface area (Å²) in [4.78, 5) is 21.7. The van der Waals surface area contributed by atoms with E-state index in [0.717, 1.165) is 89.0 Å². The van der Waals surface area contributed by atoms with Crippen molar-refractivity contribution in [2.24, 2.45) is 17.3 Å². The lowest BCUT2D eigenvalue weighted by atomic mass is 9.58. The van der Waals surface area contributed by atoms with Gasteiger partial charge in [-0.15, -0.1) is 0 Å². The van der Waals surface area contributed by atoms with Crippen LogP contribution in [0, 0.1) is 23.2 Å². The Morgan fingerprint density at radius 2 is 2.06 bits per heavy atom. The number of carbonyl (C=O) groups excluding carboxylic acids is 1. The number of hydrogen-bond donors (Lipinski definition) is 1. The third-order valence-corrected chi connectivity index (χ3v) is 7.94. The maximum absolute atomic E-state index is 13.3.